The Labute approximate surface area is 111 Å². The van der Waals surface area contributed by atoms with Crippen LogP contribution in [0.1, 0.15) is 10.4 Å². The lowest BCUT2D eigenvalue weighted by Gasteiger charge is -2.32. The molecule has 0 atom stereocenters. The maximum Gasteiger partial charge on any atom is 0.256 e. The van der Waals surface area contributed by atoms with Gasteiger partial charge in [0.05, 0.1) is 11.3 Å². The molecular formula is C13H16FN3O2. The highest BCUT2D eigenvalue weighted by molar-refractivity contribution is 6.01. The Balaban J connectivity index is 2.25. The van der Waals surface area contributed by atoms with Gasteiger partial charge < -0.3 is 15.1 Å². The second kappa shape index (κ2) is 5.26. The second-order valence-electron chi connectivity index (χ2n) is 4.45. The van der Waals surface area contributed by atoms with Crippen LogP contribution in [0.15, 0.2) is 18.2 Å². The first kappa shape index (κ1) is 13.3. The third kappa shape index (κ3) is 2.52. The highest BCUT2D eigenvalue weighted by atomic mass is 19.1. The molecule has 1 aromatic rings. The van der Waals surface area contributed by atoms with E-state index in [1.165, 1.54) is 17.0 Å². The van der Waals surface area contributed by atoms with Gasteiger partial charge in [0.1, 0.15) is 12.4 Å². The fourth-order valence-corrected chi connectivity index (χ4v) is 2.06. The van der Waals surface area contributed by atoms with Gasteiger partial charge in [0.2, 0.25) is 5.91 Å². The maximum atomic E-state index is 13.6. The van der Waals surface area contributed by atoms with Crippen LogP contribution in [0.3, 0.4) is 0 Å². The highest BCUT2D eigenvalue weighted by Gasteiger charge is 2.27. The van der Waals surface area contributed by atoms with E-state index in [0.717, 1.165) is 0 Å². The van der Waals surface area contributed by atoms with Gasteiger partial charge in [-0.15, -0.1) is 0 Å². The number of hydrogen-bond acceptors (Lipinski definition) is 3. The zero-order chi connectivity index (χ0) is 14.0. The molecule has 0 aromatic heterocycles. The number of carbonyl (C=O) groups is 2. The average Bonchev–Trinajstić information content (AvgIpc) is 2.40. The van der Waals surface area contributed by atoms with Crippen LogP contribution in [-0.2, 0) is 4.79 Å². The minimum Gasteiger partial charge on any atom is -0.385 e. The molecule has 0 bridgehead atoms. The van der Waals surface area contributed by atoms with E-state index in [4.69, 9.17) is 0 Å². The molecule has 19 heavy (non-hydrogen) atoms. The fourth-order valence-electron chi connectivity index (χ4n) is 2.06. The molecular weight excluding hydrogens is 249 g/mol. The molecule has 0 radical (unpaired) electrons. The molecule has 0 unspecified atom stereocenters. The van der Waals surface area contributed by atoms with Crippen LogP contribution in [0.25, 0.3) is 0 Å². The van der Waals surface area contributed by atoms with Gasteiger partial charge >= 0.3 is 0 Å². The van der Waals surface area contributed by atoms with Crippen LogP contribution in [0.2, 0.25) is 0 Å². The van der Waals surface area contributed by atoms with Gasteiger partial charge in [0.15, 0.2) is 0 Å². The zero-order valence-corrected chi connectivity index (χ0v) is 10.9. The molecule has 0 aliphatic carbocycles. The van der Waals surface area contributed by atoms with Gasteiger partial charge in [0, 0.05) is 27.2 Å². The number of carbonyl (C=O) groups excluding carboxylic acids is 2. The summed E-state index contributed by atoms with van der Waals surface area (Å²) in [5, 5.41) is 2.69. The Hall–Kier alpha value is -2.11. The monoisotopic (exact) mass is 265 g/mol. The van der Waals surface area contributed by atoms with Crippen molar-refractivity contribution in [2.45, 2.75) is 0 Å². The van der Waals surface area contributed by atoms with E-state index >= 15 is 0 Å². The quantitative estimate of drug-likeness (QED) is 0.860. The van der Waals surface area contributed by atoms with E-state index in [1.54, 1.807) is 25.1 Å². The predicted molar refractivity (Wildman–Crippen MR) is 69.5 cm³/mol. The van der Waals surface area contributed by atoms with Crippen molar-refractivity contribution in [1.82, 2.24) is 9.80 Å². The van der Waals surface area contributed by atoms with Crippen LogP contribution in [0.5, 0.6) is 0 Å². The van der Waals surface area contributed by atoms with Gasteiger partial charge in [-0.1, -0.05) is 6.07 Å². The minimum absolute atomic E-state index is 0.0367. The summed E-state index contributed by atoms with van der Waals surface area (Å²) in [4.78, 5) is 27.0. The van der Waals surface area contributed by atoms with Crippen molar-refractivity contribution in [3.8, 4) is 0 Å². The SMILES string of the molecule is CNc1c(F)cccc1C(=O)N1CCN(C)C(=O)C1. The number of nitrogens with zero attached hydrogens (tertiary/aromatic N) is 2. The van der Waals surface area contributed by atoms with Gasteiger partial charge in [-0.25, -0.2) is 4.39 Å². The van der Waals surface area contributed by atoms with E-state index in [2.05, 4.69) is 5.32 Å². The number of nitrogens with one attached hydrogen (secondary N) is 1. The van der Waals surface area contributed by atoms with Crippen molar-refractivity contribution in [3.05, 3.63) is 29.6 Å². The smallest absolute Gasteiger partial charge is 0.256 e. The third-order valence-electron chi connectivity index (χ3n) is 3.24. The van der Waals surface area contributed by atoms with E-state index in [9.17, 15) is 14.0 Å². The maximum absolute atomic E-state index is 13.6. The molecule has 1 fully saturated rings. The number of likely N-dealkylation sites (N-methyl/N-ethyl adjacent to an activating group) is 1. The van der Waals surface area contributed by atoms with Gasteiger partial charge in [-0.3, -0.25) is 9.59 Å². The normalized spacial score (nSPS) is 15.6. The van der Waals surface area contributed by atoms with Gasteiger partial charge in [-0.05, 0) is 12.1 Å². The van der Waals surface area contributed by atoms with Crippen molar-refractivity contribution in [2.75, 3.05) is 39.0 Å². The standard InChI is InChI=1S/C13H16FN3O2/c1-15-12-9(4-3-5-10(12)14)13(19)17-7-6-16(2)11(18)8-17/h3-5,15H,6-8H2,1-2H3. The molecule has 1 aliphatic heterocycles. The Bertz CT molecular complexity index is 519. The molecule has 6 heteroatoms. The zero-order valence-electron chi connectivity index (χ0n) is 10.9. The van der Waals surface area contributed by atoms with E-state index in [0.29, 0.717) is 13.1 Å². The number of piperazine rings is 1. The molecule has 0 spiro atoms. The minimum atomic E-state index is -0.478. The van der Waals surface area contributed by atoms with E-state index in [-0.39, 0.29) is 29.6 Å². The molecule has 2 rings (SSSR count). The van der Waals surface area contributed by atoms with E-state index < -0.39 is 5.82 Å². The summed E-state index contributed by atoms with van der Waals surface area (Å²) in [6, 6.07) is 4.33. The molecule has 1 saturated heterocycles. The molecule has 1 aliphatic rings. The largest absolute Gasteiger partial charge is 0.385 e. The first-order chi connectivity index (χ1) is 9.04. The Morgan fingerprint density at radius 3 is 2.74 bits per heavy atom. The number of anilines is 1. The number of benzene rings is 1. The molecule has 5 nitrogen and oxygen atoms in total. The number of para-hydroxylation sites is 1. The van der Waals surface area contributed by atoms with Crippen molar-refractivity contribution >= 4 is 17.5 Å². The topological polar surface area (TPSA) is 52.7 Å². The number of rotatable bonds is 2. The van der Waals surface area contributed by atoms with Crippen molar-refractivity contribution in [2.24, 2.45) is 0 Å². The van der Waals surface area contributed by atoms with Crippen LogP contribution >= 0.6 is 0 Å². The summed E-state index contributed by atoms with van der Waals surface area (Å²) in [7, 11) is 3.26. The van der Waals surface area contributed by atoms with Crippen molar-refractivity contribution in [3.63, 3.8) is 0 Å². The lowest BCUT2D eigenvalue weighted by Crippen LogP contribution is -2.50. The molecule has 0 saturated carbocycles. The first-order valence-electron chi connectivity index (χ1n) is 6.04. The predicted octanol–water partition coefficient (Wildman–Crippen LogP) is 0.782. The summed E-state index contributed by atoms with van der Waals surface area (Å²) < 4.78 is 13.6. The highest BCUT2D eigenvalue weighted by Crippen LogP contribution is 2.21. The number of amides is 2. The van der Waals surface area contributed by atoms with E-state index in [1.807, 2.05) is 0 Å². The summed E-state index contributed by atoms with van der Waals surface area (Å²) in [6.07, 6.45) is 0. The van der Waals surface area contributed by atoms with Gasteiger partial charge in [0.25, 0.3) is 5.91 Å². The summed E-state index contributed by atoms with van der Waals surface area (Å²) in [6.45, 7) is 0.991. The third-order valence-corrected chi connectivity index (χ3v) is 3.24. The summed E-state index contributed by atoms with van der Waals surface area (Å²) in [5.41, 5.74) is 0.415. The lowest BCUT2D eigenvalue weighted by atomic mass is 10.1. The summed E-state index contributed by atoms with van der Waals surface area (Å²) in [5.74, 6) is -0.916. The Kier molecular flexibility index (Phi) is 3.69. The first-order valence-corrected chi connectivity index (χ1v) is 6.04. The van der Waals surface area contributed by atoms with Crippen LogP contribution in [-0.4, -0.2) is 55.3 Å². The molecule has 1 aromatic carbocycles. The number of hydrogen-bond donors (Lipinski definition) is 1. The second-order valence-corrected chi connectivity index (χ2v) is 4.45. The molecule has 102 valence electrons. The Morgan fingerprint density at radius 2 is 2.11 bits per heavy atom. The molecule has 2 amide bonds. The summed E-state index contributed by atoms with van der Waals surface area (Å²) >= 11 is 0. The van der Waals surface area contributed by atoms with Crippen molar-refractivity contribution < 1.29 is 14.0 Å². The van der Waals surface area contributed by atoms with Crippen LogP contribution in [0.4, 0.5) is 10.1 Å². The van der Waals surface area contributed by atoms with Crippen LogP contribution in [0, 0.1) is 5.82 Å². The lowest BCUT2D eigenvalue weighted by molar-refractivity contribution is -0.133. The molecule has 1 heterocycles. The van der Waals surface area contributed by atoms with Gasteiger partial charge in [-0.2, -0.15) is 0 Å². The average molecular weight is 265 g/mol. The Morgan fingerprint density at radius 1 is 1.37 bits per heavy atom. The molecule has 1 N–H and O–H groups in total. The fraction of sp³-hybridized carbons (Fsp3) is 0.385. The number of halogens is 1. The van der Waals surface area contributed by atoms with Crippen LogP contribution < -0.4 is 5.32 Å². The van der Waals surface area contributed by atoms with Crippen molar-refractivity contribution in [1.29, 1.82) is 0 Å².